The molecule has 0 amide bonds. The minimum absolute atomic E-state index is 0.302. The zero-order valence-electron chi connectivity index (χ0n) is 9.69. The number of nitrogens with one attached hydrogen (secondary N) is 1. The van der Waals surface area contributed by atoms with Crippen LogP contribution in [0.15, 0.2) is 21.2 Å². The van der Waals surface area contributed by atoms with Crippen LogP contribution >= 0.6 is 11.3 Å². The van der Waals surface area contributed by atoms with Gasteiger partial charge in [-0.2, -0.15) is 0 Å². The molecule has 0 spiro atoms. The Balaban J connectivity index is 2.39. The van der Waals surface area contributed by atoms with Crippen LogP contribution in [0.25, 0.3) is 0 Å². The molecule has 2 heterocycles. The number of aryl methyl sites for hydroxylation is 2. The van der Waals surface area contributed by atoms with E-state index in [0.717, 1.165) is 10.7 Å². The average molecular weight is 251 g/mol. The van der Waals surface area contributed by atoms with E-state index in [1.54, 1.807) is 6.20 Å². The lowest BCUT2D eigenvalue weighted by Crippen LogP contribution is -2.31. The summed E-state index contributed by atoms with van der Waals surface area (Å²) in [6.07, 6.45) is 2.21. The lowest BCUT2D eigenvalue weighted by Gasteiger charge is -2.04. The third-order valence-electron chi connectivity index (χ3n) is 2.44. The van der Waals surface area contributed by atoms with Crippen molar-refractivity contribution in [2.75, 3.05) is 0 Å². The number of aromatic nitrogens is 3. The lowest BCUT2D eigenvalue weighted by molar-refractivity contribution is 0.703. The summed E-state index contributed by atoms with van der Waals surface area (Å²) in [7, 11) is 0. The van der Waals surface area contributed by atoms with E-state index in [2.05, 4.69) is 9.97 Å². The zero-order chi connectivity index (χ0) is 12.4. The average Bonchev–Trinajstić information content (AvgIpc) is 2.68. The highest BCUT2D eigenvalue weighted by Crippen LogP contribution is 2.09. The summed E-state index contributed by atoms with van der Waals surface area (Å²) < 4.78 is 1.48. The summed E-state index contributed by atoms with van der Waals surface area (Å²) in [6, 6.07) is 0. The number of rotatable bonds is 3. The molecular weight excluding hydrogens is 238 g/mol. The molecule has 0 aliphatic rings. The molecule has 2 aromatic rings. The van der Waals surface area contributed by atoms with Gasteiger partial charge in [0.15, 0.2) is 0 Å². The minimum Gasteiger partial charge on any atom is -0.293 e. The molecule has 0 radical (unpaired) electrons. The molecule has 2 aromatic heterocycles. The standard InChI is InChI=1S/C11H13N3O2S/c1-3-8-4-14(11(16)13-10(8)15)5-9-12-7(2)6-17-9/h4,6H,3,5H2,1-2H3,(H,13,15,16). The van der Waals surface area contributed by atoms with E-state index in [4.69, 9.17) is 0 Å². The topological polar surface area (TPSA) is 67.8 Å². The molecular formula is C11H13N3O2S. The number of hydrogen-bond donors (Lipinski definition) is 1. The van der Waals surface area contributed by atoms with Gasteiger partial charge in [-0.15, -0.1) is 11.3 Å². The first kappa shape index (κ1) is 11.8. The Labute approximate surface area is 102 Å². The van der Waals surface area contributed by atoms with Gasteiger partial charge in [0.1, 0.15) is 5.01 Å². The molecule has 0 unspecified atom stereocenters. The third kappa shape index (κ3) is 2.52. The molecule has 0 bridgehead atoms. The number of hydrogen-bond acceptors (Lipinski definition) is 4. The second-order valence-electron chi connectivity index (χ2n) is 3.78. The third-order valence-corrected chi connectivity index (χ3v) is 3.39. The molecule has 5 nitrogen and oxygen atoms in total. The fourth-order valence-electron chi connectivity index (χ4n) is 1.54. The number of nitrogens with zero attached hydrogens (tertiary/aromatic N) is 2. The molecule has 0 saturated heterocycles. The molecule has 17 heavy (non-hydrogen) atoms. The van der Waals surface area contributed by atoms with Gasteiger partial charge in [0.2, 0.25) is 0 Å². The van der Waals surface area contributed by atoms with Gasteiger partial charge < -0.3 is 0 Å². The summed E-state index contributed by atoms with van der Waals surface area (Å²) in [6.45, 7) is 4.20. The molecule has 1 N–H and O–H groups in total. The Morgan fingerprint density at radius 2 is 2.24 bits per heavy atom. The normalized spacial score (nSPS) is 10.7. The van der Waals surface area contributed by atoms with Crippen molar-refractivity contribution in [1.82, 2.24) is 14.5 Å². The highest BCUT2D eigenvalue weighted by atomic mass is 32.1. The molecule has 0 saturated carbocycles. The van der Waals surface area contributed by atoms with Gasteiger partial charge in [0, 0.05) is 22.8 Å². The smallest absolute Gasteiger partial charge is 0.293 e. The number of H-pyrrole nitrogens is 1. The predicted molar refractivity (Wildman–Crippen MR) is 66.7 cm³/mol. The monoisotopic (exact) mass is 251 g/mol. The van der Waals surface area contributed by atoms with Crippen LogP contribution < -0.4 is 11.2 Å². The SMILES string of the molecule is CCc1cn(Cc2nc(C)cs2)c(=O)[nH]c1=O. The second kappa shape index (κ2) is 4.67. The van der Waals surface area contributed by atoms with Crippen LogP contribution in [0.1, 0.15) is 23.2 Å². The molecule has 0 aliphatic carbocycles. The van der Waals surface area contributed by atoms with Crippen LogP contribution in [0.4, 0.5) is 0 Å². The first-order valence-electron chi connectivity index (χ1n) is 5.33. The lowest BCUT2D eigenvalue weighted by atomic mass is 10.3. The van der Waals surface area contributed by atoms with Crippen LogP contribution in [0, 0.1) is 6.92 Å². The largest absolute Gasteiger partial charge is 0.328 e. The van der Waals surface area contributed by atoms with Crippen LogP contribution in [0.3, 0.4) is 0 Å². The molecule has 2 rings (SSSR count). The molecule has 90 valence electrons. The van der Waals surface area contributed by atoms with Crippen molar-refractivity contribution >= 4 is 11.3 Å². The van der Waals surface area contributed by atoms with E-state index in [1.807, 2.05) is 19.2 Å². The van der Waals surface area contributed by atoms with Crippen molar-refractivity contribution < 1.29 is 0 Å². The van der Waals surface area contributed by atoms with Crippen molar-refractivity contribution in [3.05, 3.63) is 48.7 Å². The van der Waals surface area contributed by atoms with E-state index < -0.39 is 0 Å². The van der Waals surface area contributed by atoms with Crippen molar-refractivity contribution in [3.8, 4) is 0 Å². The van der Waals surface area contributed by atoms with Crippen molar-refractivity contribution in [3.63, 3.8) is 0 Å². The van der Waals surface area contributed by atoms with Gasteiger partial charge >= 0.3 is 5.69 Å². The maximum atomic E-state index is 11.6. The van der Waals surface area contributed by atoms with Crippen molar-refractivity contribution in [2.24, 2.45) is 0 Å². The van der Waals surface area contributed by atoms with E-state index in [0.29, 0.717) is 18.5 Å². The van der Waals surface area contributed by atoms with Gasteiger partial charge in [-0.3, -0.25) is 14.3 Å². The van der Waals surface area contributed by atoms with Crippen LogP contribution in [0.5, 0.6) is 0 Å². The molecule has 0 fully saturated rings. The summed E-state index contributed by atoms with van der Waals surface area (Å²) in [5.74, 6) is 0. The Bertz CT molecular complexity index is 639. The Morgan fingerprint density at radius 1 is 1.47 bits per heavy atom. The predicted octanol–water partition coefficient (Wildman–Crippen LogP) is 0.912. The summed E-state index contributed by atoms with van der Waals surface area (Å²) in [4.78, 5) is 29.6. The highest BCUT2D eigenvalue weighted by Gasteiger charge is 2.05. The Kier molecular flexibility index (Phi) is 3.23. The van der Waals surface area contributed by atoms with Gasteiger partial charge in [0.25, 0.3) is 5.56 Å². The van der Waals surface area contributed by atoms with E-state index >= 15 is 0 Å². The van der Waals surface area contributed by atoms with Gasteiger partial charge in [-0.1, -0.05) is 6.92 Å². The molecule has 0 atom stereocenters. The van der Waals surface area contributed by atoms with Gasteiger partial charge in [-0.25, -0.2) is 9.78 Å². The quantitative estimate of drug-likeness (QED) is 0.881. The maximum Gasteiger partial charge on any atom is 0.328 e. The Morgan fingerprint density at radius 3 is 2.82 bits per heavy atom. The van der Waals surface area contributed by atoms with Crippen LogP contribution in [0.2, 0.25) is 0 Å². The first-order chi connectivity index (χ1) is 8.10. The summed E-state index contributed by atoms with van der Waals surface area (Å²) in [5, 5.41) is 2.80. The second-order valence-corrected chi connectivity index (χ2v) is 4.72. The van der Waals surface area contributed by atoms with Crippen LogP contribution in [-0.4, -0.2) is 14.5 Å². The van der Waals surface area contributed by atoms with E-state index in [9.17, 15) is 9.59 Å². The first-order valence-corrected chi connectivity index (χ1v) is 6.21. The van der Waals surface area contributed by atoms with Gasteiger partial charge in [-0.05, 0) is 13.3 Å². The number of aromatic amines is 1. The van der Waals surface area contributed by atoms with E-state index in [1.165, 1.54) is 15.9 Å². The minimum atomic E-state index is -0.389. The van der Waals surface area contributed by atoms with Gasteiger partial charge in [0.05, 0.1) is 6.54 Å². The fourth-order valence-corrected chi connectivity index (χ4v) is 2.31. The summed E-state index contributed by atoms with van der Waals surface area (Å²) >= 11 is 1.51. The highest BCUT2D eigenvalue weighted by molar-refractivity contribution is 7.09. The van der Waals surface area contributed by atoms with E-state index in [-0.39, 0.29) is 11.2 Å². The fraction of sp³-hybridized carbons (Fsp3) is 0.364. The van der Waals surface area contributed by atoms with Crippen molar-refractivity contribution in [1.29, 1.82) is 0 Å². The Hall–Kier alpha value is -1.69. The molecule has 6 heteroatoms. The molecule has 0 aromatic carbocycles. The maximum absolute atomic E-state index is 11.6. The van der Waals surface area contributed by atoms with Crippen LogP contribution in [-0.2, 0) is 13.0 Å². The van der Waals surface area contributed by atoms with Crippen molar-refractivity contribution in [2.45, 2.75) is 26.8 Å². The zero-order valence-corrected chi connectivity index (χ0v) is 10.5. The number of thiazole rings is 1. The summed E-state index contributed by atoms with van der Waals surface area (Å²) in [5.41, 5.74) is 0.861. The molecule has 0 aliphatic heterocycles.